The zero-order valence-corrected chi connectivity index (χ0v) is 9.42. The summed E-state index contributed by atoms with van der Waals surface area (Å²) in [4.78, 5) is 0. The number of hydrogen-bond donors (Lipinski definition) is 2. The van der Waals surface area contributed by atoms with Crippen molar-refractivity contribution in [2.75, 3.05) is 17.2 Å². The van der Waals surface area contributed by atoms with E-state index in [1.54, 1.807) is 0 Å². The molecule has 1 aliphatic rings. The van der Waals surface area contributed by atoms with Gasteiger partial charge in [0.15, 0.2) is 0 Å². The van der Waals surface area contributed by atoms with Crippen molar-refractivity contribution in [3.63, 3.8) is 0 Å². The molecule has 0 saturated heterocycles. The maximum absolute atomic E-state index is 3.58. The summed E-state index contributed by atoms with van der Waals surface area (Å²) in [6.45, 7) is 3.10. The third kappa shape index (κ3) is 2.88. The van der Waals surface area contributed by atoms with Crippen molar-refractivity contribution in [2.24, 2.45) is 0 Å². The zero-order chi connectivity index (χ0) is 10.5. The molecule has 1 saturated carbocycles. The van der Waals surface area contributed by atoms with Gasteiger partial charge in [0.2, 0.25) is 0 Å². The number of nitrogens with one attached hydrogen (secondary N) is 2. The van der Waals surface area contributed by atoms with E-state index in [1.165, 1.54) is 37.1 Å². The molecule has 0 aromatic heterocycles. The van der Waals surface area contributed by atoms with E-state index in [0.29, 0.717) is 6.04 Å². The first-order chi connectivity index (χ1) is 7.38. The van der Waals surface area contributed by atoms with Crippen LogP contribution >= 0.6 is 0 Å². The zero-order valence-electron chi connectivity index (χ0n) is 9.42. The molecular formula is C13H20N2. The largest absolute Gasteiger partial charge is 0.385 e. The van der Waals surface area contributed by atoms with Crippen molar-refractivity contribution in [3.05, 3.63) is 24.3 Å². The van der Waals surface area contributed by atoms with Gasteiger partial charge in [-0.15, -0.1) is 0 Å². The molecule has 0 heterocycles. The van der Waals surface area contributed by atoms with Gasteiger partial charge in [-0.1, -0.05) is 12.8 Å². The summed E-state index contributed by atoms with van der Waals surface area (Å²) in [7, 11) is 0. The van der Waals surface area contributed by atoms with Crippen molar-refractivity contribution >= 4 is 11.4 Å². The van der Waals surface area contributed by atoms with Crippen LogP contribution in [0.15, 0.2) is 24.3 Å². The van der Waals surface area contributed by atoms with Gasteiger partial charge in [-0.25, -0.2) is 0 Å². The third-order valence-corrected chi connectivity index (χ3v) is 2.99. The Morgan fingerprint density at radius 2 is 1.67 bits per heavy atom. The lowest BCUT2D eigenvalue weighted by Gasteiger charge is -2.13. The number of anilines is 2. The molecule has 82 valence electrons. The first-order valence-corrected chi connectivity index (χ1v) is 5.99. The van der Waals surface area contributed by atoms with Gasteiger partial charge >= 0.3 is 0 Å². The molecule has 2 nitrogen and oxygen atoms in total. The molecular weight excluding hydrogens is 184 g/mol. The molecule has 0 unspecified atom stereocenters. The van der Waals surface area contributed by atoms with Gasteiger partial charge in [-0.05, 0) is 44.0 Å². The Labute approximate surface area is 92.1 Å². The summed E-state index contributed by atoms with van der Waals surface area (Å²) >= 11 is 0. The van der Waals surface area contributed by atoms with Gasteiger partial charge in [0.1, 0.15) is 0 Å². The normalized spacial score (nSPS) is 16.6. The highest BCUT2D eigenvalue weighted by Crippen LogP contribution is 2.22. The van der Waals surface area contributed by atoms with Crippen molar-refractivity contribution in [3.8, 4) is 0 Å². The van der Waals surface area contributed by atoms with Crippen LogP contribution in [-0.2, 0) is 0 Å². The lowest BCUT2D eigenvalue weighted by molar-refractivity contribution is 0.755. The van der Waals surface area contributed by atoms with Crippen LogP contribution in [0.2, 0.25) is 0 Å². The first-order valence-electron chi connectivity index (χ1n) is 5.99. The van der Waals surface area contributed by atoms with E-state index in [1.807, 2.05) is 0 Å². The van der Waals surface area contributed by atoms with E-state index in [2.05, 4.69) is 41.8 Å². The van der Waals surface area contributed by atoms with Crippen molar-refractivity contribution in [1.82, 2.24) is 0 Å². The molecule has 0 amide bonds. The van der Waals surface area contributed by atoms with Crippen LogP contribution in [0.3, 0.4) is 0 Å². The minimum Gasteiger partial charge on any atom is -0.385 e. The highest BCUT2D eigenvalue weighted by molar-refractivity contribution is 5.53. The molecule has 1 fully saturated rings. The second kappa shape index (κ2) is 5.06. The van der Waals surface area contributed by atoms with Gasteiger partial charge < -0.3 is 10.6 Å². The lowest BCUT2D eigenvalue weighted by atomic mass is 10.2. The van der Waals surface area contributed by atoms with Gasteiger partial charge in [0.25, 0.3) is 0 Å². The first kappa shape index (κ1) is 10.3. The number of benzene rings is 1. The summed E-state index contributed by atoms with van der Waals surface area (Å²) < 4.78 is 0. The van der Waals surface area contributed by atoms with E-state index in [4.69, 9.17) is 0 Å². The predicted molar refractivity (Wildman–Crippen MR) is 66.5 cm³/mol. The summed E-state index contributed by atoms with van der Waals surface area (Å²) in [6, 6.07) is 9.31. The number of rotatable bonds is 4. The van der Waals surface area contributed by atoms with Gasteiger partial charge in [0, 0.05) is 24.0 Å². The minimum absolute atomic E-state index is 0.704. The molecule has 2 rings (SSSR count). The molecule has 0 aliphatic heterocycles. The molecule has 0 spiro atoms. The quantitative estimate of drug-likeness (QED) is 0.784. The van der Waals surface area contributed by atoms with E-state index in [0.717, 1.165) is 6.54 Å². The van der Waals surface area contributed by atoms with Crippen molar-refractivity contribution < 1.29 is 0 Å². The Morgan fingerprint density at radius 3 is 2.27 bits per heavy atom. The monoisotopic (exact) mass is 204 g/mol. The Balaban J connectivity index is 1.91. The maximum Gasteiger partial charge on any atom is 0.0343 e. The molecule has 2 N–H and O–H groups in total. The van der Waals surface area contributed by atoms with E-state index < -0.39 is 0 Å². The maximum atomic E-state index is 3.58. The molecule has 2 heteroatoms. The average molecular weight is 204 g/mol. The summed E-state index contributed by atoms with van der Waals surface area (Å²) in [6.07, 6.45) is 5.42. The fourth-order valence-electron chi connectivity index (χ4n) is 2.19. The lowest BCUT2D eigenvalue weighted by Crippen LogP contribution is -2.14. The highest BCUT2D eigenvalue weighted by Gasteiger charge is 2.13. The van der Waals surface area contributed by atoms with Gasteiger partial charge in [-0.2, -0.15) is 0 Å². The third-order valence-electron chi connectivity index (χ3n) is 2.99. The molecule has 15 heavy (non-hydrogen) atoms. The van der Waals surface area contributed by atoms with Crippen LogP contribution in [0, 0.1) is 0 Å². The second-order valence-electron chi connectivity index (χ2n) is 4.23. The van der Waals surface area contributed by atoms with Crippen molar-refractivity contribution in [1.29, 1.82) is 0 Å². The summed E-state index contributed by atoms with van der Waals surface area (Å²) in [5.74, 6) is 0. The van der Waals surface area contributed by atoms with E-state index in [9.17, 15) is 0 Å². The molecule has 0 bridgehead atoms. The van der Waals surface area contributed by atoms with Crippen LogP contribution in [-0.4, -0.2) is 12.6 Å². The molecule has 1 aromatic carbocycles. The SMILES string of the molecule is CCNc1ccc(NC2CCCC2)cc1. The number of hydrogen-bond acceptors (Lipinski definition) is 2. The van der Waals surface area contributed by atoms with Crippen LogP contribution in [0.4, 0.5) is 11.4 Å². The van der Waals surface area contributed by atoms with Gasteiger partial charge in [-0.3, -0.25) is 0 Å². The van der Waals surface area contributed by atoms with Crippen LogP contribution in [0.5, 0.6) is 0 Å². The van der Waals surface area contributed by atoms with Crippen LogP contribution in [0.25, 0.3) is 0 Å². The minimum atomic E-state index is 0.704. The Morgan fingerprint density at radius 1 is 1.07 bits per heavy atom. The van der Waals surface area contributed by atoms with E-state index >= 15 is 0 Å². The smallest absolute Gasteiger partial charge is 0.0343 e. The van der Waals surface area contributed by atoms with Crippen LogP contribution in [0.1, 0.15) is 32.6 Å². The van der Waals surface area contributed by atoms with Gasteiger partial charge in [0.05, 0.1) is 0 Å². The molecule has 0 atom stereocenters. The topological polar surface area (TPSA) is 24.1 Å². The highest BCUT2D eigenvalue weighted by atomic mass is 14.9. The standard InChI is InChI=1S/C13H20N2/c1-2-14-11-7-9-13(10-8-11)15-12-5-3-4-6-12/h7-10,12,14-15H,2-6H2,1H3. The predicted octanol–water partition coefficient (Wildman–Crippen LogP) is 3.47. The Kier molecular flexibility index (Phi) is 3.49. The van der Waals surface area contributed by atoms with Crippen LogP contribution < -0.4 is 10.6 Å². The fraction of sp³-hybridized carbons (Fsp3) is 0.538. The molecule has 1 aromatic rings. The molecule has 1 aliphatic carbocycles. The Bertz CT molecular complexity index is 286. The summed E-state index contributed by atoms with van der Waals surface area (Å²) in [5, 5.41) is 6.88. The second-order valence-corrected chi connectivity index (χ2v) is 4.23. The fourth-order valence-corrected chi connectivity index (χ4v) is 2.19. The van der Waals surface area contributed by atoms with E-state index in [-0.39, 0.29) is 0 Å². The molecule has 0 radical (unpaired) electrons. The average Bonchev–Trinajstić information content (AvgIpc) is 2.74. The summed E-state index contributed by atoms with van der Waals surface area (Å²) in [5.41, 5.74) is 2.46. The Hall–Kier alpha value is -1.18. The van der Waals surface area contributed by atoms with Crippen molar-refractivity contribution in [2.45, 2.75) is 38.6 Å².